The fourth-order valence-corrected chi connectivity index (χ4v) is 4.92. The van der Waals surface area contributed by atoms with Crippen LogP contribution in [0.5, 0.6) is 0 Å². The number of nitrogens with two attached hydrogens (primary N) is 1. The summed E-state index contributed by atoms with van der Waals surface area (Å²) in [6.45, 7) is 2.81. The Labute approximate surface area is 175 Å². The summed E-state index contributed by atoms with van der Waals surface area (Å²) in [6.07, 6.45) is 3.66. The first-order chi connectivity index (χ1) is 14.5. The number of nitrogens with zero attached hydrogens (tertiary/aromatic N) is 3. The monoisotopic (exact) mass is 400 g/mol. The molecule has 1 aliphatic heterocycles. The molecule has 0 spiro atoms. The molecule has 0 bridgehead atoms. The second-order valence-electron chi connectivity index (χ2n) is 8.32. The van der Waals surface area contributed by atoms with Crippen molar-refractivity contribution in [1.82, 2.24) is 14.9 Å². The van der Waals surface area contributed by atoms with Crippen LogP contribution >= 0.6 is 0 Å². The third kappa shape index (κ3) is 3.12. The van der Waals surface area contributed by atoms with Crippen molar-refractivity contribution in [2.45, 2.75) is 32.6 Å². The molecule has 2 heterocycles. The Bertz CT molecular complexity index is 1160. The molecule has 2 N–H and O–H groups in total. The van der Waals surface area contributed by atoms with Gasteiger partial charge in [0, 0.05) is 30.3 Å². The highest BCUT2D eigenvalue weighted by molar-refractivity contribution is 6.11. The molecule has 6 heteroatoms. The molecule has 2 aromatic carbocycles. The van der Waals surface area contributed by atoms with Gasteiger partial charge < -0.3 is 10.6 Å². The highest BCUT2D eigenvalue weighted by Gasteiger charge is 2.31. The molecule has 1 saturated heterocycles. The number of ketones is 1. The van der Waals surface area contributed by atoms with Crippen molar-refractivity contribution >= 4 is 28.4 Å². The number of likely N-dealkylation sites (tertiary alicyclic amines) is 1. The van der Waals surface area contributed by atoms with Crippen LogP contribution in [0.3, 0.4) is 0 Å². The van der Waals surface area contributed by atoms with Gasteiger partial charge in [0.15, 0.2) is 5.78 Å². The second kappa shape index (κ2) is 7.20. The summed E-state index contributed by atoms with van der Waals surface area (Å²) in [4.78, 5) is 36.3. The van der Waals surface area contributed by atoms with E-state index in [0.29, 0.717) is 24.5 Å². The fraction of sp³-hybridized carbons (Fsp3) is 0.333. The molecule has 0 radical (unpaired) electrons. The summed E-state index contributed by atoms with van der Waals surface area (Å²) < 4.78 is 0. The quantitative estimate of drug-likeness (QED) is 0.681. The van der Waals surface area contributed by atoms with E-state index >= 15 is 0 Å². The summed E-state index contributed by atoms with van der Waals surface area (Å²) in [5, 5.41) is 2.30. The molecule has 152 valence electrons. The minimum Gasteiger partial charge on any atom is -0.368 e. The molecular formula is C24H24N4O2. The van der Waals surface area contributed by atoms with E-state index in [2.05, 4.69) is 28.2 Å². The zero-order chi connectivity index (χ0) is 20.8. The number of anilines is 1. The molecule has 5 rings (SSSR count). The van der Waals surface area contributed by atoms with Gasteiger partial charge in [0.25, 0.3) is 5.91 Å². The van der Waals surface area contributed by atoms with Gasteiger partial charge in [-0.05, 0) is 60.6 Å². The van der Waals surface area contributed by atoms with Gasteiger partial charge in [-0.1, -0.05) is 30.3 Å². The number of hydrogen-bond acceptors (Lipinski definition) is 5. The van der Waals surface area contributed by atoms with Crippen molar-refractivity contribution in [3.05, 3.63) is 64.5 Å². The van der Waals surface area contributed by atoms with Gasteiger partial charge in [-0.15, -0.1) is 0 Å². The van der Waals surface area contributed by atoms with Crippen LogP contribution in [0.15, 0.2) is 36.4 Å². The zero-order valence-corrected chi connectivity index (χ0v) is 17.0. The van der Waals surface area contributed by atoms with Crippen molar-refractivity contribution in [1.29, 1.82) is 0 Å². The number of Topliss-reactive ketones (excluding diaryl/α,β-unsaturated/α-hetero) is 1. The van der Waals surface area contributed by atoms with Gasteiger partial charge in [-0.3, -0.25) is 9.59 Å². The van der Waals surface area contributed by atoms with E-state index in [1.54, 1.807) is 17.9 Å². The average Bonchev–Trinajstić information content (AvgIpc) is 3.17. The summed E-state index contributed by atoms with van der Waals surface area (Å²) in [5.74, 6) is -0.177. The minimum absolute atomic E-state index is 0.0934. The molecule has 1 amide bonds. The second-order valence-corrected chi connectivity index (χ2v) is 8.32. The molecule has 1 atom stereocenters. The maximum absolute atomic E-state index is 13.5. The number of piperidine rings is 1. The van der Waals surface area contributed by atoms with Crippen LogP contribution in [0.4, 0.5) is 5.95 Å². The zero-order valence-electron chi connectivity index (χ0n) is 17.0. The lowest BCUT2D eigenvalue weighted by molar-refractivity contribution is 0.0632. The Morgan fingerprint density at radius 3 is 2.70 bits per heavy atom. The number of carbonyl (C=O) groups excluding carboxylic acids is 2. The van der Waals surface area contributed by atoms with E-state index in [-0.39, 0.29) is 23.6 Å². The first-order valence-corrected chi connectivity index (χ1v) is 10.5. The smallest absolute Gasteiger partial charge is 0.272 e. The minimum atomic E-state index is -0.207. The Balaban J connectivity index is 1.42. The largest absolute Gasteiger partial charge is 0.368 e. The number of benzene rings is 2. The van der Waals surface area contributed by atoms with Crippen LogP contribution < -0.4 is 5.73 Å². The molecule has 1 aromatic heterocycles. The summed E-state index contributed by atoms with van der Waals surface area (Å²) in [5.41, 5.74) is 10.1. The van der Waals surface area contributed by atoms with E-state index < -0.39 is 0 Å². The van der Waals surface area contributed by atoms with Crippen molar-refractivity contribution in [2.75, 3.05) is 18.8 Å². The number of rotatable bonds is 3. The standard InChI is InChI=1S/C24H24N4O2/c1-14-12-20(27-24(25)26-14)23(30)28-11-3-5-17(13-28)22(29)19-10-9-16-8-7-15-4-2-6-18(19)21(15)16/h2,4,6,9-10,12,17H,3,5,7-8,11,13H2,1H3,(H2,25,26,27). The number of hydrogen-bond donors (Lipinski definition) is 1. The molecule has 1 unspecified atom stereocenters. The molecule has 1 fully saturated rings. The van der Waals surface area contributed by atoms with E-state index in [4.69, 9.17) is 5.73 Å². The van der Waals surface area contributed by atoms with Crippen molar-refractivity contribution in [3.63, 3.8) is 0 Å². The molecule has 2 aliphatic rings. The van der Waals surface area contributed by atoms with Gasteiger partial charge in [-0.25, -0.2) is 9.97 Å². The molecule has 1 aliphatic carbocycles. The Morgan fingerprint density at radius 1 is 1.10 bits per heavy atom. The van der Waals surface area contributed by atoms with Crippen LogP contribution in [0.1, 0.15) is 50.5 Å². The molecular weight excluding hydrogens is 376 g/mol. The SMILES string of the molecule is Cc1cc(C(=O)N2CCCC(C(=O)c3ccc4c5c(cccc35)CC4)C2)nc(N)n1. The lowest BCUT2D eigenvalue weighted by Crippen LogP contribution is -2.42. The van der Waals surface area contributed by atoms with Gasteiger partial charge in [-0.2, -0.15) is 0 Å². The number of nitrogen functional groups attached to an aromatic ring is 1. The highest BCUT2D eigenvalue weighted by Crippen LogP contribution is 2.34. The molecule has 30 heavy (non-hydrogen) atoms. The van der Waals surface area contributed by atoms with Crippen LogP contribution in [-0.2, 0) is 12.8 Å². The average molecular weight is 400 g/mol. The summed E-state index contributed by atoms with van der Waals surface area (Å²) in [7, 11) is 0. The predicted molar refractivity (Wildman–Crippen MR) is 115 cm³/mol. The fourth-order valence-electron chi connectivity index (χ4n) is 4.92. The number of aryl methyl sites for hydroxylation is 3. The van der Waals surface area contributed by atoms with E-state index in [9.17, 15) is 9.59 Å². The van der Waals surface area contributed by atoms with Crippen molar-refractivity contribution < 1.29 is 9.59 Å². The van der Waals surface area contributed by atoms with Crippen LogP contribution in [0, 0.1) is 12.8 Å². The normalized spacial score (nSPS) is 18.0. The number of carbonyl (C=O) groups is 2. The third-order valence-corrected chi connectivity index (χ3v) is 6.31. The van der Waals surface area contributed by atoms with Gasteiger partial charge >= 0.3 is 0 Å². The maximum atomic E-state index is 13.5. The van der Waals surface area contributed by atoms with Crippen molar-refractivity contribution in [3.8, 4) is 0 Å². The molecule has 0 saturated carbocycles. The predicted octanol–water partition coefficient (Wildman–Crippen LogP) is 3.35. The van der Waals surface area contributed by atoms with Crippen LogP contribution in [-0.4, -0.2) is 39.6 Å². The van der Waals surface area contributed by atoms with Gasteiger partial charge in [0.1, 0.15) is 5.69 Å². The van der Waals surface area contributed by atoms with E-state index in [1.807, 2.05) is 12.1 Å². The van der Waals surface area contributed by atoms with E-state index in [1.165, 1.54) is 16.5 Å². The Morgan fingerprint density at radius 2 is 1.90 bits per heavy atom. The number of amides is 1. The molecule has 3 aromatic rings. The highest BCUT2D eigenvalue weighted by atomic mass is 16.2. The first-order valence-electron chi connectivity index (χ1n) is 10.5. The van der Waals surface area contributed by atoms with Crippen LogP contribution in [0.2, 0.25) is 0 Å². The summed E-state index contributed by atoms with van der Waals surface area (Å²) >= 11 is 0. The number of aromatic nitrogens is 2. The Hall–Kier alpha value is -3.28. The molecule has 6 nitrogen and oxygen atoms in total. The van der Waals surface area contributed by atoms with E-state index in [0.717, 1.165) is 36.6 Å². The Kier molecular flexibility index (Phi) is 4.50. The lowest BCUT2D eigenvalue weighted by atomic mass is 9.87. The topological polar surface area (TPSA) is 89.2 Å². The van der Waals surface area contributed by atoms with Crippen molar-refractivity contribution in [2.24, 2.45) is 5.92 Å². The van der Waals surface area contributed by atoms with Crippen LogP contribution in [0.25, 0.3) is 10.8 Å². The maximum Gasteiger partial charge on any atom is 0.272 e. The first kappa shape index (κ1) is 18.7. The van der Waals surface area contributed by atoms with Gasteiger partial charge in [0.05, 0.1) is 0 Å². The third-order valence-electron chi connectivity index (χ3n) is 6.31. The summed E-state index contributed by atoms with van der Waals surface area (Å²) in [6, 6.07) is 12.0. The lowest BCUT2D eigenvalue weighted by Gasteiger charge is -2.32. The van der Waals surface area contributed by atoms with Gasteiger partial charge in [0.2, 0.25) is 5.95 Å².